The molecule has 25 heavy (non-hydrogen) atoms. The average Bonchev–Trinajstić information content (AvgIpc) is 3.26. The summed E-state index contributed by atoms with van der Waals surface area (Å²) in [4.78, 5) is 27.7. The topological polar surface area (TPSA) is 108 Å². The summed E-state index contributed by atoms with van der Waals surface area (Å²) < 4.78 is 5.63. The highest BCUT2D eigenvalue weighted by atomic mass is 16.5. The monoisotopic (exact) mass is 342 g/mol. The normalized spacial score (nSPS) is 19.2. The van der Waals surface area contributed by atoms with Crippen LogP contribution in [0.5, 0.6) is 0 Å². The van der Waals surface area contributed by atoms with Crippen LogP contribution < -0.4 is 10.6 Å². The molecule has 2 amide bonds. The van der Waals surface area contributed by atoms with Crippen molar-refractivity contribution >= 4 is 28.1 Å². The number of pyridine rings is 1. The Hall–Kier alpha value is -2.61. The summed E-state index contributed by atoms with van der Waals surface area (Å²) in [6.07, 6.45) is 5.58. The van der Waals surface area contributed by atoms with E-state index in [0.29, 0.717) is 13.2 Å². The van der Waals surface area contributed by atoms with E-state index < -0.39 is 0 Å². The molecule has 1 fully saturated rings. The van der Waals surface area contributed by atoms with Gasteiger partial charge in [-0.1, -0.05) is 0 Å². The van der Waals surface area contributed by atoms with Crippen LogP contribution in [0.4, 0.5) is 4.79 Å². The molecular formula is C17H22N6O2. The zero-order valence-corrected chi connectivity index (χ0v) is 14.1. The fourth-order valence-corrected chi connectivity index (χ4v) is 3.44. The summed E-state index contributed by atoms with van der Waals surface area (Å²) in [6.45, 7) is 3.87. The largest absolute Gasteiger partial charge is 0.381 e. The van der Waals surface area contributed by atoms with E-state index in [1.165, 1.54) is 0 Å². The predicted octanol–water partition coefficient (Wildman–Crippen LogP) is 2.23. The number of nitrogens with zero attached hydrogens (tertiary/aromatic N) is 2. The molecule has 3 aromatic heterocycles. The van der Waals surface area contributed by atoms with Gasteiger partial charge in [0.15, 0.2) is 0 Å². The van der Waals surface area contributed by atoms with Crippen LogP contribution in [-0.2, 0) is 4.74 Å². The van der Waals surface area contributed by atoms with Gasteiger partial charge in [0.1, 0.15) is 17.0 Å². The highest BCUT2D eigenvalue weighted by Gasteiger charge is 2.29. The van der Waals surface area contributed by atoms with E-state index >= 15 is 0 Å². The SMILES string of the molecule is CCNC(=O)NC(c1nc2cnc3[nH]ccc3c2[nH]1)[C@@H]1CCCOC1. The van der Waals surface area contributed by atoms with Crippen LogP contribution in [0.2, 0.25) is 0 Å². The first-order valence-electron chi connectivity index (χ1n) is 8.70. The Morgan fingerprint density at radius 1 is 1.52 bits per heavy atom. The second kappa shape index (κ2) is 6.72. The lowest BCUT2D eigenvalue weighted by molar-refractivity contribution is 0.0395. The van der Waals surface area contributed by atoms with Crippen molar-refractivity contribution in [1.29, 1.82) is 0 Å². The molecule has 0 aliphatic carbocycles. The summed E-state index contributed by atoms with van der Waals surface area (Å²) >= 11 is 0. The molecule has 4 rings (SSSR count). The van der Waals surface area contributed by atoms with Gasteiger partial charge in [0.05, 0.1) is 24.4 Å². The van der Waals surface area contributed by atoms with Crippen molar-refractivity contribution in [3.8, 4) is 0 Å². The number of fused-ring (bicyclic) bond motifs is 3. The minimum atomic E-state index is -0.228. The van der Waals surface area contributed by atoms with Crippen LogP contribution in [0.3, 0.4) is 0 Å². The smallest absolute Gasteiger partial charge is 0.315 e. The molecule has 2 atom stereocenters. The number of nitrogens with one attached hydrogen (secondary N) is 4. The third kappa shape index (κ3) is 3.05. The first-order chi connectivity index (χ1) is 12.3. The van der Waals surface area contributed by atoms with Gasteiger partial charge in [-0.3, -0.25) is 0 Å². The van der Waals surface area contributed by atoms with E-state index in [1.807, 2.05) is 19.2 Å². The van der Waals surface area contributed by atoms with Crippen molar-refractivity contribution in [3.63, 3.8) is 0 Å². The maximum Gasteiger partial charge on any atom is 0.315 e. The Bertz CT molecular complexity index is 880. The summed E-state index contributed by atoms with van der Waals surface area (Å²) in [5.74, 6) is 0.929. The molecule has 1 aliphatic rings. The molecule has 8 heteroatoms. The van der Waals surface area contributed by atoms with Crippen LogP contribution in [0.1, 0.15) is 31.6 Å². The number of imidazole rings is 1. The molecule has 8 nitrogen and oxygen atoms in total. The zero-order chi connectivity index (χ0) is 17.2. The van der Waals surface area contributed by atoms with Gasteiger partial charge in [0.25, 0.3) is 0 Å². The summed E-state index contributed by atoms with van der Waals surface area (Å²) in [5, 5.41) is 6.84. The summed E-state index contributed by atoms with van der Waals surface area (Å²) in [5.41, 5.74) is 2.54. The Kier molecular flexibility index (Phi) is 4.27. The van der Waals surface area contributed by atoms with Crippen molar-refractivity contribution in [3.05, 3.63) is 24.3 Å². The quantitative estimate of drug-likeness (QED) is 0.583. The molecule has 0 aromatic carbocycles. The van der Waals surface area contributed by atoms with Gasteiger partial charge in [-0.05, 0) is 25.8 Å². The minimum Gasteiger partial charge on any atom is -0.381 e. The standard InChI is InChI=1S/C17H22N6O2/c1-2-18-17(24)23-13(10-4-3-7-25-9-10)16-21-12-8-20-15-11(5-6-19-15)14(12)22-16/h5-6,8,10,13H,2-4,7,9H2,1H3,(H,19,20)(H,21,22)(H2,18,23,24)/t10-,13?/m1/s1. The average molecular weight is 342 g/mol. The third-order valence-electron chi connectivity index (χ3n) is 4.65. The molecule has 1 aliphatic heterocycles. The van der Waals surface area contributed by atoms with Crippen molar-refractivity contribution < 1.29 is 9.53 Å². The molecule has 4 heterocycles. The maximum absolute atomic E-state index is 12.1. The number of hydrogen-bond donors (Lipinski definition) is 4. The predicted molar refractivity (Wildman–Crippen MR) is 94.2 cm³/mol. The number of urea groups is 1. The van der Waals surface area contributed by atoms with Gasteiger partial charge >= 0.3 is 6.03 Å². The van der Waals surface area contributed by atoms with E-state index in [0.717, 1.165) is 47.3 Å². The lowest BCUT2D eigenvalue weighted by Gasteiger charge is -2.29. The number of ether oxygens (including phenoxy) is 1. The number of carbonyl (C=O) groups excluding carboxylic acids is 1. The lowest BCUT2D eigenvalue weighted by Crippen LogP contribution is -2.42. The minimum absolute atomic E-state index is 0.187. The van der Waals surface area contributed by atoms with Gasteiger partial charge in [-0.2, -0.15) is 0 Å². The molecule has 1 unspecified atom stereocenters. The molecule has 0 saturated carbocycles. The molecule has 0 bridgehead atoms. The highest BCUT2D eigenvalue weighted by molar-refractivity contribution is 6.00. The van der Waals surface area contributed by atoms with Crippen molar-refractivity contribution in [2.24, 2.45) is 5.92 Å². The molecule has 0 spiro atoms. The van der Waals surface area contributed by atoms with Crippen molar-refractivity contribution in [2.45, 2.75) is 25.8 Å². The van der Waals surface area contributed by atoms with Gasteiger partial charge < -0.3 is 25.3 Å². The van der Waals surface area contributed by atoms with Crippen LogP contribution in [0, 0.1) is 5.92 Å². The summed E-state index contributed by atoms with van der Waals surface area (Å²) in [7, 11) is 0. The van der Waals surface area contributed by atoms with Crippen LogP contribution in [0.25, 0.3) is 22.1 Å². The van der Waals surface area contributed by atoms with Gasteiger partial charge in [-0.15, -0.1) is 0 Å². The zero-order valence-electron chi connectivity index (χ0n) is 14.1. The second-order valence-electron chi connectivity index (χ2n) is 6.34. The van der Waals surface area contributed by atoms with Crippen LogP contribution >= 0.6 is 0 Å². The van der Waals surface area contributed by atoms with Gasteiger partial charge in [-0.25, -0.2) is 14.8 Å². The van der Waals surface area contributed by atoms with E-state index in [-0.39, 0.29) is 18.0 Å². The van der Waals surface area contributed by atoms with Crippen molar-refractivity contribution in [1.82, 2.24) is 30.6 Å². The maximum atomic E-state index is 12.1. The fourth-order valence-electron chi connectivity index (χ4n) is 3.44. The number of aromatic amines is 2. The number of aromatic nitrogens is 4. The molecule has 1 saturated heterocycles. The van der Waals surface area contributed by atoms with E-state index in [2.05, 4.69) is 25.6 Å². The molecular weight excluding hydrogens is 320 g/mol. The molecule has 0 radical (unpaired) electrons. The number of rotatable bonds is 4. The first-order valence-corrected chi connectivity index (χ1v) is 8.70. The van der Waals surface area contributed by atoms with Gasteiger partial charge in [0, 0.05) is 30.7 Å². The Balaban J connectivity index is 1.72. The Morgan fingerprint density at radius 3 is 3.24 bits per heavy atom. The Morgan fingerprint density at radius 2 is 2.44 bits per heavy atom. The first kappa shape index (κ1) is 15.9. The van der Waals surface area contributed by atoms with Crippen LogP contribution in [0.15, 0.2) is 18.5 Å². The van der Waals surface area contributed by atoms with Gasteiger partial charge in [0.2, 0.25) is 0 Å². The second-order valence-corrected chi connectivity index (χ2v) is 6.34. The van der Waals surface area contributed by atoms with E-state index in [9.17, 15) is 4.79 Å². The van der Waals surface area contributed by atoms with Crippen molar-refractivity contribution in [2.75, 3.05) is 19.8 Å². The molecule has 3 aromatic rings. The number of hydrogen-bond acceptors (Lipinski definition) is 4. The lowest BCUT2D eigenvalue weighted by atomic mass is 9.93. The van der Waals surface area contributed by atoms with E-state index in [4.69, 9.17) is 9.72 Å². The highest BCUT2D eigenvalue weighted by Crippen LogP contribution is 2.30. The molecule has 4 N–H and O–H groups in total. The third-order valence-corrected chi connectivity index (χ3v) is 4.65. The number of amides is 2. The van der Waals surface area contributed by atoms with Crippen LogP contribution in [-0.4, -0.2) is 45.7 Å². The summed E-state index contributed by atoms with van der Waals surface area (Å²) in [6, 6.07) is 1.56. The number of carbonyl (C=O) groups is 1. The fraction of sp³-hybridized carbons (Fsp3) is 0.471. The van der Waals surface area contributed by atoms with E-state index in [1.54, 1.807) is 6.20 Å². The number of H-pyrrole nitrogens is 2. The Labute approximate surface area is 144 Å². The molecule has 132 valence electrons.